The molecule has 0 radical (unpaired) electrons. The molecule has 0 aromatic carbocycles. The number of fused-ring (bicyclic) bond motifs is 1. The number of piperazine rings is 1. The van der Waals surface area contributed by atoms with Gasteiger partial charge in [0.05, 0.1) is 30.0 Å². The summed E-state index contributed by atoms with van der Waals surface area (Å²) in [4.78, 5) is 13.7. The molecule has 0 spiro atoms. The second kappa shape index (κ2) is 6.28. The molecule has 1 saturated heterocycles. The first kappa shape index (κ1) is 16.3. The highest BCUT2D eigenvalue weighted by Crippen LogP contribution is 2.29. The Morgan fingerprint density at radius 3 is 2.68 bits per heavy atom. The van der Waals surface area contributed by atoms with Crippen LogP contribution in [0.15, 0.2) is 41.5 Å². The molecule has 1 aliphatic rings. The first-order chi connectivity index (χ1) is 12.1. The summed E-state index contributed by atoms with van der Waals surface area (Å²) >= 11 is 0. The number of rotatable bonds is 4. The molecule has 132 valence electrons. The van der Waals surface area contributed by atoms with Crippen LogP contribution in [0.2, 0.25) is 0 Å². The van der Waals surface area contributed by atoms with Crippen LogP contribution in [0.3, 0.4) is 0 Å². The standard InChI is InChI=1S/C19H25N5O/c1-15-5-4-6-24-17(15)12-21-18(24)19(2,3)23-9-7-22(8-10-23)13-16-11-20-14-25-16/h4-6,11-12,14H,7-10,13H2,1-3H3. The Morgan fingerprint density at radius 1 is 1.16 bits per heavy atom. The highest BCUT2D eigenvalue weighted by molar-refractivity contribution is 5.53. The number of hydrogen-bond acceptors (Lipinski definition) is 5. The van der Waals surface area contributed by atoms with Gasteiger partial charge in [-0.1, -0.05) is 6.07 Å². The fourth-order valence-corrected chi connectivity index (χ4v) is 3.76. The summed E-state index contributed by atoms with van der Waals surface area (Å²) in [5, 5.41) is 0. The second-order valence-electron chi connectivity index (χ2n) is 7.32. The summed E-state index contributed by atoms with van der Waals surface area (Å²) in [6.07, 6.45) is 7.41. The van der Waals surface area contributed by atoms with Crippen molar-refractivity contribution in [1.82, 2.24) is 24.2 Å². The SMILES string of the molecule is Cc1cccn2c(C(C)(C)N3CCN(Cc4cnco4)CC3)ncc12. The number of imidazole rings is 1. The van der Waals surface area contributed by atoms with Crippen molar-refractivity contribution in [3.63, 3.8) is 0 Å². The van der Waals surface area contributed by atoms with Gasteiger partial charge >= 0.3 is 0 Å². The van der Waals surface area contributed by atoms with Crippen molar-refractivity contribution < 1.29 is 4.42 Å². The van der Waals surface area contributed by atoms with Gasteiger partial charge in [-0.2, -0.15) is 0 Å². The van der Waals surface area contributed by atoms with Gasteiger partial charge in [-0.25, -0.2) is 9.97 Å². The highest BCUT2D eigenvalue weighted by atomic mass is 16.3. The molecule has 6 heteroatoms. The first-order valence-corrected chi connectivity index (χ1v) is 8.83. The van der Waals surface area contributed by atoms with Gasteiger partial charge in [0, 0.05) is 32.4 Å². The Morgan fingerprint density at radius 2 is 1.96 bits per heavy atom. The van der Waals surface area contributed by atoms with Gasteiger partial charge in [0.15, 0.2) is 6.39 Å². The third kappa shape index (κ3) is 2.96. The maximum Gasteiger partial charge on any atom is 0.180 e. The van der Waals surface area contributed by atoms with E-state index in [-0.39, 0.29) is 5.54 Å². The molecule has 0 amide bonds. The van der Waals surface area contributed by atoms with Gasteiger partial charge in [0.2, 0.25) is 0 Å². The normalized spacial score (nSPS) is 17.4. The van der Waals surface area contributed by atoms with E-state index >= 15 is 0 Å². The van der Waals surface area contributed by atoms with E-state index in [0.717, 1.165) is 44.3 Å². The van der Waals surface area contributed by atoms with Crippen LogP contribution >= 0.6 is 0 Å². The number of aryl methyl sites for hydroxylation is 1. The minimum atomic E-state index is -0.113. The average molecular weight is 339 g/mol. The highest BCUT2D eigenvalue weighted by Gasteiger charge is 2.34. The quantitative estimate of drug-likeness (QED) is 0.731. The van der Waals surface area contributed by atoms with Crippen LogP contribution < -0.4 is 0 Å². The fraction of sp³-hybridized carbons (Fsp3) is 0.474. The third-order valence-electron chi connectivity index (χ3n) is 5.36. The molecule has 0 bridgehead atoms. The number of oxazole rings is 1. The zero-order valence-corrected chi connectivity index (χ0v) is 15.1. The van der Waals surface area contributed by atoms with Gasteiger partial charge < -0.3 is 8.82 Å². The maximum absolute atomic E-state index is 5.37. The molecule has 1 fully saturated rings. The van der Waals surface area contributed by atoms with Crippen LogP contribution in [0.1, 0.15) is 31.0 Å². The van der Waals surface area contributed by atoms with Crippen molar-refractivity contribution in [2.45, 2.75) is 32.9 Å². The van der Waals surface area contributed by atoms with Crippen LogP contribution in [0.5, 0.6) is 0 Å². The summed E-state index contributed by atoms with van der Waals surface area (Å²) < 4.78 is 7.60. The molecule has 6 nitrogen and oxygen atoms in total. The molecule has 25 heavy (non-hydrogen) atoms. The minimum Gasteiger partial charge on any atom is -0.447 e. The summed E-state index contributed by atoms with van der Waals surface area (Å²) in [6, 6.07) is 4.23. The topological polar surface area (TPSA) is 49.8 Å². The predicted octanol–water partition coefficient (Wildman–Crippen LogP) is 2.68. The maximum atomic E-state index is 5.37. The number of nitrogens with zero attached hydrogens (tertiary/aromatic N) is 5. The zero-order chi connectivity index (χ0) is 17.4. The van der Waals surface area contributed by atoms with E-state index in [4.69, 9.17) is 9.40 Å². The molecule has 3 aromatic rings. The number of pyridine rings is 1. The van der Waals surface area contributed by atoms with E-state index in [1.165, 1.54) is 17.5 Å². The van der Waals surface area contributed by atoms with Crippen LogP contribution in [0, 0.1) is 6.92 Å². The second-order valence-corrected chi connectivity index (χ2v) is 7.32. The number of aromatic nitrogens is 3. The number of hydrogen-bond donors (Lipinski definition) is 0. The van der Waals surface area contributed by atoms with Gasteiger partial charge in [-0.05, 0) is 32.4 Å². The fourth-order valence-electron chi connectivity index (χ4n) is 3.76. The molecule has 4 heterocycles. The molecular formula is C19H25N5O. The molecule has 0 unspecified atom stereocenters. The smallest absolute Gasteiger partial charge is 0.180 e. The van der Waals surface area contributed by atoms with Crippen LogP contribution in [0.25, 0.3) is 5.52 Å². The van der Waals surface area contributed by atoms with Crippen molar-refractivity contribution in [2.75, 3.05) is 26.2 Å². The van der Waals surface area contributed by atoms with Crippen molar-refractivity contribution in [1.29, 1.82) is 0 Å². The Hall–Kier alpha value is -2.18. The van der Waals surface area contributed by atoms with E-state index in [1.54, 1.807) is 6.20 Å². The molecule has 1 aliphatic heterocycles. The van der Waals surface area contributed by atoms with Gasteiger partial charge in [0.1, 0.15) is 11.6 Å². The summed E-state index contributed by atoms with van der Waals surface area (Å²) in [7, 11) is 0. The summed E-state index contributed by atoms with van der Waals surface area (Å²) in [6.45, 7) is 11.6. The minimum absolute atomic E-state index is 0.113. The Bertz CT molecular complexity index is 844. The molecule has 0 saturated carbocycles. The van der Waals surface area contributed by atoms with Crippen LogP contribution in [-0.4, -0.2) is 50.3 Å². The molecule has 0 N–H and O–H groups in total. The van der Waals surface area contributed by atoms with Crippen molar-refractivity contribution >= 4 is 5.52 Å². The van der Waals surface area contributed by atoms with E-state index in [9.17, 15) is 0 Å². The average Bonchev–Trinajstić information content (AvgIpc) is 3.25. The monoisotopic (exact) mass is 339 g/mol. The largest absolute Gasteiger partial charge is 0.447 e. The zero-order valence-electron chi connectivity index (χ0n) is 15.1. The van der Waals surface area contributed by atoms with Gasteiger partial charge in [-0.15, -0.1) is 0 Å². The molecular weight excluding hydrogens is 314 g/mol. The van der Waals surface area contributed by atoms with E-state index in [1.807, 2.05) is 6.20 Å². The lowest BCUT2D eigenvalue weighted by Gasteiger charge is -2.43. The van der Waals surface area contributed by atoms with E-state index in [2.05, 4.69) is 58.3 Å². The Kier molecular flexibility index (Phi) is 4.09. The van der Waals surface area contributed by atoms with Crippen molar-refractivity contribution in [3.8, 4) is 0 Å². The van der Waals surface area contributed by atoms with Crippen LogP contribution in [-0.2, 0) is 12.1 Å². The van der Waals surface area contributed by atoms with Crippen molar-refractivity contribution in [2.24, 2.45) is 0 Å². The lowest BCUT2D eigenvalue weighted by Crippen LogP contribution is -2.53. The van der Waals surface area contributed by atoms with Gasteiger partial charge in [0.25, 0.3) is 0 Å². The van der Waals surface area contributed by atoms with Crippen LogP contribution in [0.4, 0.5) is 0 Å². The Labute approximate surface area is 148 Å². The molecule has 0 atom stereocenters. The predicted molar refractivity (Wildman–Crippen MR) is 96.3 cm³/mol. The lowest BCUT2D eigenvalue weighted by atomic mass is 10.00. The van der Waals surface area contributed by atoms with Crippen molar-refractivity contribution in [3.05, 3.63) is 54.3 Å². The summed E-state index contributed by atoms with van der Waals surface area (Å²) in [5.74, 6) is 2.04. The summed E-state index contributed by atoms with van der Waals surface area (Å²) in [5.41, 5.74) is 2.34. The first-order valence-electron chi connectivity index (χ1n) is 8.83. The molecule has 4 rings (SSSR count). The molecule has 3 aromatic heterocycles. The lowest BCUT2D eigenvalue weighted by molar-refractivity contribution is 0.0400. The van der Waals surface area contributed by atoms with Gasteiger partial charge in [-0.3, -0.25) is 9.80 Å². The van der Waals surface area contributed by atoms with E-state index < -0.39 is 0 Å². The third-order valence-corrected chi connectivity index (χ3v) is 5.36. The molecule has 0 aliphatic carbocycles. The van der Waals surface area contributed by atoms with E-state index in [0.29, 0.717) is 0 Å². The Balaban J connectivity index is 1.50.